The summed E-state index contributed by atoms with van der Waals surface area (Å²) in [4.78, 5) is 23.1. The Balaban J connectivity index is 2.07. The summed E-state index contributed by atoms with van der Waals surface area (Å²) in [5.74, 6) is 0.236. The molecule has 1 aromatic heterocycles. The van der Waals surface area contributed by atoms with Crippen LogP contribution in [0, 0.1) is 10.1 Å². The number of benzene rings is 1. The van der Waals surface area contributed by atoms with E-state index in [9.17, 15) is 14.9 Å². The van der Waals surface area contributed by atoms with Gasteiger partial charge in [0.25, 0.3) is 11.6 Å². The Kier molecular flexibility index (Phi) is 4.57. The fourth-order valence-corrected chi connectivity index (χ4v) is 2.95. The summed E-state index contributed by atoms with van der Waals surface area (Å²) in [5.41, 5.74) is 3.11. The van der Waals surface area contributed by atoms with Crippen molar-refractivity contribution in [3.05, 3.63) is 51.3 Å². The Morgan fingerprint density at radius 2 is 2.00 bits per heavy atom. The lowest BCUT2D eigenvalue weighted by Gasteiger charge is -2.11. The van der Waals surface area contributed by atoms with Crippen molar-refractivity contribution in [1.29, 1.82) is 0 Å². The molecule has 7 heteroatoms. The van der Waals surface area contributed by atoms with Crippen molar-refractivity contribution in [1.82, 2.24) is 15.1 Å². The predicted molar refractivity (Wildman–Crippen MR) is 94.2 cm³/mol. The highest BCUT2D eigenvalue weighted by Crippen LogP contribution is 2.42. The van der Waals surface area contributed by atoms with E-state index in [1.807, 2.05) is 20.8 Å². The van der Waals surface area contributed by atoms with Crippen LogP contribution in [0.25, 0.3) is 5.69 Å². The fraction of sp³-hybridized carbons (Fsp3) is 0.444. The van der Waals surface area contributed by atoms with Gasteiger partial charge < -0.3 is 5.32 Å². The van der Waals surface area contributed by atoms with Crippen LogP contribution in [0.15, 0.2) is 24.3 Å². The quantitative estimate of drug-likeness (QED) is 0.644. The van der Waals surface area contributed by atoms with Crippen LogP contribution in [0.5, 0.6) is 0 Å². The summed E-state index contributed by atoms with van der Waals surface area (Å²) >= 11 is 0. The van der Waals surface area contributed by atoms with Gasteiger partial charge in [-0.05, 0) is 45.2 Å². The van der Waals surface area contributed by atoms with Gasteiger partial charge in [-0.3, -0.25) is 14.9 Å². The van der Waals surface area contributed by atoms with Gasteiger partial charge in [-0.15, -0.1) is 0 Å². The van der Waals surface area contributed by atoms with Gasteiger partial charge in [0, 0.05) is 24.1 Å². The summed E-state index contributed by atoms with van der Waals surface area (Å²) < 4.78 is 1.76. The van der Waals surface area contributed by atoms with E-state index in [1.165, 1.54) is 12.1 Å². The molecule has 1 heterocycles. The lowest BCUT2D eigenvalue weighted by atomic mass is 10.1. The number of amides is 1. The van der Waals surface area contributed by atoms with Crippen molar-refractivity contribution in [2.45, 2.75) is 52.0 Å². The van der Waals surface area contributed by atoms with Crippen molar-refractivity contribution in [3.63, 3.8) is 0 Å². The highest BCUT2D eigenvalue weighted by Gasteiger charge is 2.34. The molecule has 1 fully saturated rings. The smallest absolute Gasteiger partial charge is 0.269 e. The number of non-ortho nitro benzene ring substituents is 1. The largest absolute Gasteiger partial charge is 0.350 e. The Morgan fingerprint density at radius 1 is 1.36 bits per heavy atom. The molecule has 2 aromatic rings. The molecule has 0 atom stereocenters. The molecule has 1 aromatic carbocycles. The van der Waals surface area contributed by atoms with Crippen LogP contribution in [0.2, 0.25) is 0 Å². The maximum atomic E-state index is 12.7. The molecule has 132 valence electrons. The number of nitrogens with zero attached hydrogens (tertiary/aromatic N) is 3. The van der Waals surface area contributed by atoms with Crippen LogP contribution in [-0.4, -0.2) is 26.7 Å². The number of nitro groups is 1. The zero-order valence-corrected chi connectivity index (χ0v) is 14.7. The summed E-state index contributed by atoms with van der Waals surface area (Å²) in [6.07, 6.45) is 2.74. The van der Waals surface area contributed by atoms with Gasteiger partial charge in [-0.1, -0.05) is 6.92 Å². The molecule has 1 saturated carbocycles. The van der Waals surface area contributed by atoms with Gasteiger partial charge >= 0.3 is 0 Å². The highest BCUT2D eigenvalue weighted by molar-refractivity contribution is 5.97. The second-order valence-corrected chi connectivity index (χ2v) is 6.65. The standard InChI is InChI=1S/C18H22N4O3/c1-4-15-16(18(23)19-11(2)3)17(12-5-6-12)20-21(15)13-7-9-14(10-8-13)22(24)25/h7-12H,4-6H2,1-3H3,(H,19,23). The van der Waals surface area contributed by atoms with Gasteiger partial charge in [0.15, 0.2) is 0 Å². The Morgan fingerprint density at radius 3 is 2.48 bits per heavy atom. The molecular formula is C18H22N4O3. The van der Waals surface area contributed by atoms with E-state index in [0.29, 0.717) is 17.9 Å². The summed E-state index contributed by atoms with van der Waals surface area (Å²) in [6.45, 7) is 5.85. The van der Waals surface area contributed by atoms with Crippen LogP contribution in [0.4, 0.5) is 5.69 Å². The van der Waals surface area contributed by atoms with Crippen LogP contribution in [0.1, 0.15) is 61.3 Å². The zero-order valence-electron chi connectivity index (χ0n) is 14.7. The predicted octanol–water partition coefficient (Wildman–Crippen LogP) is 3.36. The second-order valence-electron chi connectivity index (χ2n) is 6.65. The first kappa shape index (κ1) is 17.1. The Labute approximate surface area is 146 Å². The maximum absolute atomic E-state index is 12.7. The van der Waals surface area contributed by atoms with Crippen molar-refractivity contribution >= 4 is 11.6 Å². The minimum absolute atomic E-state index is 0.0362. The number of hydrogen-bond donors (Lipinski definition) is 1. The summed E-state index contributed by atoms with van der Waals surface area (Å²) in [7, 11) is 0. The van der Waals surface area contributed by atoms with Crippen molar-refractivity contribution in [2.24, 2.45) is 0 Å². The molecule has 0 bridgehead atoms. The van der Waals surface area contributed by atoms with Crippen LogP contribution in [-0.2, 0) is 6.42 Å². The number of rotatable bonds is 6. The SMILES string of the molecule is CCc1c(C(=O)NC(C)C)c(C2CC2)nn1-c1ccc([N+](=O)[O-])cc1. The molecule has 1 aliphatic carbocycles. The van der Waals surface area contributed by atoms with Crippen molar-refractivity contribution in [3.8, 4) is 5.69 Å². The lowest BCUT2D eigenvalue weighted by Crippen LogP contribution is -2.31. The first-order valence-corrected chi connectivity index (χ1v) is 8.59. The number of carbonyl (C=O) groups excluding carboxylic acids is 1. The third kappa shape index (κ3) is 3.40. The van der Waals surface area contributed by atoms with E-state index in [2.05, 4.69) is 5.32 Å². The van der Waals surface area contributed by atoms with Gasteiger partial charge in [0.05, 0.1) is 27.6 Å². The van der Waals surface area contributed by atoms with E-state index in [0.717, 1.165) is 29.9 Å². The van der Waals surface area contributed by atoms with E-state index in [4.69, 9.17) is 5.10 Å². The average molecular weight is 342 g/mol. The molecule has 7 nitrogen and oxygen atoms in total. The first-order chi connectivity index (χ1) is 11.9. The zero-order chi connectivity index (χ0) is 18.1. The normalized spacial score (nSPS) is 13.9. The fourth-order valence-electron chi connectivity index (χ4n) is 2.95. The van der Waals surface area contributed by atoms with Gasteiger partial charge in [-0.2, -0.15) is 5.10 Å². The number of aromatic nitrogens is 2. The molecule has 25 heavy (non-hydrogen) atoms. The van der Waals surface area contributed by atoms with Gasteiger partial charge in [-0.25, -0.2) is 4.68 Å². The number of nitro benzene ring substituents is 1. The minimum Gasteiger partial charge on any atom is -0.350 e. The number of hydrogen-bond acceptors (Lipinski definition) is 4. The van der Waals surface area contributed by atoms with E-state index >= 15 is 0 Å². The highest BCUT2D eigenvalue weighted by atomic mass is 16.6. The molecule has 0 spiro atoms. The monoisotopic (exact) mass is 342 g/mol. The second kappa shape index (κ2) is 6.66. The molecule has 0 radical (unpaired) electrons. The Hall–Kier alpha value is -2.70. The average Bonchev–Trinajstić information content (AvgIpc) is 3.34. The van der Waals surface area contributed by atoms with Gasteiger partial charge in [0.2, 0.25) is 0 Å². The molecule has 0 unspecified atom stereocenters. The van der Waals surface area contributed by atoms with Crippen LogP contribution >= 0.6 is 0 Å². The molecular weight excluding hydrogens is 320 g/mol. The molecule has 1 aliphatic rings. The molecule has 3 rings (SSSR count). The van der Waals surface area contributed by atoms with Crippen molar-refractivity contribution in [2.75, 3.05) is 0 Å². The lowest BCUT2D eigenvalue weighted by molar-refractivity contribution is -0.384. The van der Waals surface area contributed by atoms with E-state index < -0.39 is 4.92 Å². The number of nitrogens with one attached hydrogen (secondary N) is 1. The Bertz CT molecular complexity index is 804. The van der Waals surface area contributed by atoms with E-state index in [1.54, 1.807) is 16.8 Å². The third-order valence-electron chi connectivity index (χ3n) is 4.26. The van der Waals surface area contributed by atoms with E-state index in [-0.39, 0.29) is 17.6 Å². The third-order valence-corrected chi connectivity index (χ3v) is 4.26. The summed E-state index contributed by atoms with van der Waals surface area (Å²) in [6, 6.07) is 6.31. The molecule has 0 saturated heterocycles. The van der Waals surface area contributed by atoms with Crippen LogP contribution in [0.3, 0.4) is 0 Å². The minimum atomic E-state index is -0.426. The van der Waals surface area contributed by atoms with Crippen LogP contribution < -0.4 is 5.32 Å². The molecule has 1 amide bonds. The topological polar surface area (TPSA) is 90.1 Å². The molecule has 1 N–H and O–H groups in total. The molecule has 0 aliphatic heterocycles. The summed E-state index contributed by atoms with van der Waals surface area (Å²) in [5, 5.41) is 18.5. The number of carbonyl (C=O) groups is 1. The maximum Gasteiger partial charge on any atom is 0.269 e. The van der Waals surface area contributed by atoms with Crippen molar-refractivity contribution < 1.29 is 9.72 Å². The van der Waals surface area contributed by atoms with Gasteiger partial charge in [0.1, 0.15) is 0 Å². The first-order valence-electron chi connectivity index (χ1n) is 8.59.